The van der Waals surface area contributed by atoms with Gasteiger partial charge in [0, 0.05) is 18.6 Å². The number of nitrogens with one attached hydrogen (secondary N) is 1. The highest BCUT2D eigenvalue weighted by Crippen LogP contribution is 2.29. The van der Waals surface area contributed by atoms with Crippen molar-refractivity contribution in [3.8, 4) is 0 Å². The molecular formula is C23H30ClN3O4S. The Morgan fingerprint density at radius 1 is 1.03 bits per heavy atom. The number of sulfonamides is 1. The molecule has 0 unspecified atom stereocenters. The molecule has 2 aromatic rings. The van der Waals surface area contributed by atoms with Crippen molar-refractivity contribution in [1.29, 1.82) is 0 Å². The van der Waals surface area contributed by atoms with Crippen molar-refractivity contribution < 1.29 is 18.0 Å². The minimum absolute atomic E-state index is 0.0505. The summed E-state index contributed by atoms with van der Waals surface area (Å²) in [5.41, 5.74) is 1.91. The van der Waals surface area contributed by atoms with Crippen molar-refractivity contribution in [2.75, 3.05) is 24.2 Å². The Kier molecular flexibility index (Phi) is 8.69. The number of rotatable bonds is 9. The molecule has 0 spiro atoms. The number of nitrogens with zero attached hydrogens (tertiary/aromatic N) is 2. The smallest absolute Gasteiger partial charge is 0.244 e. The van der Waals surface area contributed by atoms with Crippen LogP contribution in [0.4, 0.5) is 5.69 Å². The van der Waals surface area contributed by atoms with Gasteiger partial charge in [0.25, 0.3) is 0 Å². The van der Waals surface area contributed by atoms with Gasteiger partial charge in [0.1, 0.15) is 12.6 Å². The van der Waals surface area contributed by atoms with E-state index in [1.165, 1.54) is 11.9 Å². The molecule has 7 nitrogen and oxygen atoms in total. The fourth-order valence-electron chi connectivity index (χ4n) is 3.40. The average molecular weight is 480 g/mol. The van der Waals surface area contributed by atoms with Gasteiger partial charge in [0.05, 0.1) is 11.9 Å². The molecule has 9 heteroatoms. The Hall–Kier alpha value is -2.58. The molecule has 2 aromatic carbocycles. The Balaban J connectivity index is 2.47. The van der Waals surface area contributed by atoms with Crippen LogP contribution in [0.2, 0.25) is 5.02 Å². The fraction of sp³-hybridized carbons (Fsp3) is 0.391. The zero-order valence-electron chi connectivity index (χ0n) is 19.0. The summed E-state index contributed by atoms with van der Waals surface area (Å²) in [6, 6.07) is 13.3. The van der Waals surface area contributed by atoms with Gasteiger partial charge < -0.3 is 10.2 Å². The highest BCUT2D eigenvalue weighted by molar-refractivity contribution is 7.92. The molecule has 0 radical (unpaired) electrons. The van der Waals surface area contributed by atoms with Gasteiger partial charge in [0.2, 0.25) is 21.8 Å². The van der Waals surface area contributed by atoms with E-state index >= 15 is 0 Å². The van der Waals surface area contributed by atoms with Crippen LogP contribution in [0.5, 0.6) is 0 Å². The summed E-state index contributed by atoms with van der Waals surface area (Å²) in [6.07, 6.45) is 1.07. The molecule has 1 atom stereocenters. The number of likely N-dealkylation sites (N-methyl/N-ethyl adjacent to an activating group) is 1. The van der Waals surface area contributed by atoms with E-state index in [4.69, 9.17) is 11.6 Å². The largest absolute Gasteiger partial charge is 0.357 e. The van der Waals surface area contributed by atoms with Gasteiger partial charge >= 0.3 is 0 Å². The SMILES string of the molecule is CNC(=O)[C@@H](C)N(Cc1ccccc1Cl)C(=O)CN(c1ccccc1C(C)C)S(C)(=O)=O. The minimum atomic E-state index is -3.78. The summed E-state index contributed by atoms with van der Waals surface area (Å²) in [4.78, 5) is 27.1. The fourth-order valence-corrected chi connectivity index (χ4v) is 4.46. The number of carbonyl (C=O) groups is 2. The van der Waals surface area contributed by atoms with Crippen molar-refractivity contribution >= 4 is 39.1 Å². The molecule has 0 heterocycles. The van der Waals surface area contributed by atoms with Crippen molar-refractivity contribution in [2.24, 2.45) is 0 Å². The molecule has 2 rings (SSSR count). The number of carbonyl (C=O) groups excluding carboxylic acids is 2. The monoisotopic (exact) mass is 479 g/mol. The lowest BCUT2D eigenvalue weighted by Gasteiger charge is -2.32. The number of hydrogen-bond donors (Lipinski definition) is 1. The zero-order valence-corrected chi connectivity index (χ0v) is 20.6. The third kappa shape index (κ3) is 6.23. The molecule has 32 heavy (non-hydrogen) atoms. The summed E-state index contributed by atoms with van der Waals surface area (Å²) in [5, 5.41) is 3.00. The summed E-state index contributed by atoms with van der Waals surface area (Å²) < 4.78 is 26.5. The van der Waals surface area contributed by atoms with Crippen molar-refractivity contribution in [3.63, 3.8) is 0 Å². The first kappa shape index (κ1) is 25.7. The van der Waals surface area contributed by atoms with Gasteiger partial charge in [-0.2, -0.15) is 0 Å². The van der Waals surface area contributed by atoms with Crippen LogP contribution in [0, 0.1) is 0 Å². The van der Waals surface area contributed by atoms with Crippen molar-refractivity contribution in [2.45, 2.75) is 39.3 Å². The first-order chi connectivity index (χ1) is 15.0. The molecular weight excluding hydrogens is 450 g/mol. The second kappa shape index (κ2) is 10.8. The maximum atomic E-state index is 13.4. The molecule has 2 amide bonds. The van der Waals surface area contributed by atoms with E-state index in [0.717, 1.165) is 16.1 Å². The van der Waals surface area contributed by atoms with Crippen LogP contribution in [-0.2, 0) is 26.2 Å². The van der Waals surface area contributed by atoms with E-state index in [1.807, 2.05) is 26.0 Å². The van der Waals surface area contributed by atoms with Gasteiger partial charge in [0.15, 0.2) is 0 Å². The number of amides is 2. The van der Waals surface area contributed by atoms with E-state index in [0.29, 0.717) is 16.3 Å². The van der Waals surface area contributed by atoms with Crippen LogP contribution >= 0.6 is 11.6 Å². The van der Waals surface area contributed by atoms with Crippen LogP contribution in [0.1, 0.15) is 37.8 Å². The molecule has 0 aliphatic carbocycles. The van der Waals surface area contributed by atoms with Gasteiger partial charge in [-0.15, -0.1) is 0 Å². The second-order valence-corrected chi connectivity index (χ2v) is 10.2. The summed E-state index contributed by atoms with van der Waals surface area (Å²) in [5.74, 6) is -0.821. The number of anilines is 1. The van der Waals surface area contributed by atoms with E-state index < -0.39 is 28.5 Å². The Bertz CT molecular complexity index is 1070. The van der Waals surface area contributed by atoms with Crippen LogP contribution < -0.4 is 9.62 Å². The Morgan fingerprint density at radius 3 is 2.19 bits per heavy atom. The molecule has 0 bridgehead atoms. The van der Waals surface area contributed by atoms with E-state index in [1.54, 1.807) is 43.3 Å². The number of halogens is 1. The first-order valence-electron chi connectivity index (χ1n) is 10.3. The van der Waals surface area contributed by atoms with Crippen LogP contribution in [0.15, 0.2) is 48.5 Å². The number of para-hydroxylation sites is 1. The second-order valence-electron chi connectivity index (χ2n) is 7.89. The quantitative estimate of drug-likeness (QED) is 0.597. The van der Waals surface area contributed by atoms with Crippen molar-refractivity contribution in [3.05, 3.63) is 64.7 Å². The first-order valence-corrected chi connectivity index (χ1v) is 12.5. The predicted molar refractivity (Wildman–Crippen MR) is 128 cm³/mol. The number of benzene rings is 2. The third-order valence-corrected chi connectivity index (χ3v) is 6.71. The molecule has 1 N–H and O–H groups in total. The Labute approximate surface area is 195 Å². The molecule has 0 saturated heterocycles. The summed E-state index contributed by atoms with van der Waals surface area (Å²) in [6.45, 7) is 5.14. The minimum Gasteiger partial charge on any atom is -0.357 e. The van der Waals surface area contributed by atoms with Gasteiger partial charge in [-0.1, -0.05) is 61.8 Å². The molecule has 0 aliphatic heterocycles. The zero-order chi connectivity index (χ0) is 24.1. The van der Waals surface area contributed by atoms with E-state index in [2.05, 4.69) is 5.32 Å². The lowest BCUT2D eigenvalue weighted by Crippen LogP contribution is -2.50. The van der Waals surface area contributed by atoms with Crippen LogP contribution in [0.3, 0.4) is 0 Å². The lowest BCUT2D eigenvalue weighted by atomic mass is 10.0. The maximum absolute atomic E-state index is 13.4. The molecule has 0 aromatic heterocycles. The molecule has 174 valence electrons. The van der Waals surface area contributed by atoms with Gasteiger partial charge in [-0.05, 0) is 36.1 Å². The van der Waals surface area contributed by atoms with E-state index in [9.17, 15) is 18.0 Å². The standard InChI is InChI=1S/C23H30ClN3O4S/c1-16(2)19-11-7-9-13-21(19)27(32(5,30)31)15-22(28)26(17(3)23(29)25-4)14-18-10-6-8-12-20(18)24/h6-13,16-17H,14-15H2,1-5H3,(H,25,29)/t17-/m1/s1. The molecule has 0 saturated carbocycles. The summed E-state index contributed by atoms with van der Waals surface area (Å²) >= 11 is 6.28. The van der Waals surface area contributed by atoms with Crippen molar-refractivity contribution in [1.82, 2.24) is 10.2 Å². The highest BCUT2D eigenvalue weighted by atomic mass is 35.5. The van der Waals surface area contributed by atoms with E-state index in [-0.39, 0.29) is 18.4 Å². The van der Waals surface area contributed by atoms with Gasteiger partial charge in [-0.25, -0.2) is 8.42 Å². The highest BCUT2D eigenvalue weighted by Gasteiger charge is 2.31. The maximum Gasteiger partial charge on any atom is 0.244 e. The summed E-state index contributed by atoms with van der Waals surface area (Å²) in [7, 11) is -2.29. The molecule has 0 fully saturated rings. The molecule has 0 aliphatic rings. The van der Waals surface area contributed by atoms with Crippen LogP contribution in [0.25, 0.3) is 0 Å². The lowest BCUT2D eigenvalue weighted by molar-refractivity contribution is -0.139. The number of hydrogen-bond acceptors (Lipinski definition) is 4. The average Bonchev–Trinajstić information content (AvgIpc) is 2.74. The normalized spacial score (nSPS) is 12.3. The predicted octanol–water partition coefficient (Wildman–Crippen LogP) is 3.39. The Morgan fingerprint density at radius 2 is 1.62 bits per heavy atom. The van der Waals surface area contributed by atoms with Crippen LogP contribution in [-0.4, -0.2) is 51.0 Å². The topological polar surface area (TPSA) is 86.8 Å². The van der Waals surface area contributed by atoms with Gasteiger partial charge in [-0.3, -0.25) is 13.9 Å². The third-order valence-electron chi connectivity index (χ3n) is 5.22.